The number of nitro groups is 1. The number of nitrogens with one attached hydrogen (secondary N) is 1. The molecule has 0 spiro atoms. The number of ether oxygens (including phenoxy) is 4. The van der Waals surface area contributed by atoms with E-state index in [0.29, 0.717) is 11.3 Å². The number of carbonyl (C=O) groups excluding carboxylic acids is 1. The number of nitrogens with zero attached hydrogens (tertiary/aromatic N) is 1. The van der Waals surface area contributed by atoms with E-state index in [1.165, 1.54) is 31.4 Å². The van der Waals surface area contributed by atoms with Crippen LogP contribution in [0.1, 0.15) is 10.4 Å². The number of benzene rings is 3. The number of anilines is 1. The number of halogens is 2. The molecule has 0 unspecified atom stereocenters. The summed E-state index contributed by atoms with van der Waals surface area (Å²) >= 11 is 0. The third-order valence-corrected chi connectivity index (χ3v) is 4.96. The highest BCUT2D eigenvalue weighted by Gasteiger charge is 2.26. The minimum absolute atomic E-state index is 0.108. The van der Waals surface area contributed by atoms with E-state index in [-0.39, 0.29) is 47.3 Å². The molecular formula is C23H18F2N2O7. The third-order valence-electron chi connectivity index (χ3n) is 4.96. The number of carbonyl (C=O) groups is 1. The zero-order valence-corrected chi connectivity index (χ0v) is 17.7. The van der Waals surface area contributed by atoms with Crippen LogP contribution in [-0.2, 0) is 0 Å². The van der Waals surface area contributed by atoms with Crippen molar-refractivity contribution in [2.75, 3.05) is 25.6 Å². The van der Waals surface area contributed by atoms with Crippen molar-refractivity contribution >= 4 is 17.3 Å². The Morgan fingerprint density at radius 1 is 1.06 bits per heavy atom. The predicted molar refractivity (Wildman–Crippen MR) is 117 cm³/mol. The highest BCUT2D eigenvalue weighted by molar-refractivity contribution is 6.08. The molecule has 1 N–H and O–H groups in total. The van der Waals surface area contributed by atoms with Crippen LogP contribution in [0.2, 0.25) is 0 Å². The van der Waals surface area contributed by atoms with Gasteiger partial charge in [-0.15, -0.1) is 0 Å². The topological polar surface area (TPSA) is 109 Å². The molecule has 0 radical (unpaired) electrons. The Kier molecular flexibility index (Phi) is 6.44. The molecule has 0 saturated heterocycles. The van der Waals surface area contributed by atoms with E-state index in [0.717, 1.165) is 6.07 Å². The fourth-order valence-corrected chi connectivity index (χ4v) is 3.41. The van der Waals surface area contributed by atoms with Gasteiger partial charge in [-0.1, -0.05) is 12.1 Å². The number of hydrogen-bond acceptors (Lipinski definition) is 7. The Labute approximate surface area is 192 Å². The van der Waals surface area contributed by atoms with Gasteiger partial charge in [0.1, 0.15) is 30.3 Å². The molecule has 0 atom stereocenters. The lowest BCUT2D eigenvalue weighted by atomic mass is 10.0. The molecule has 34 heavy (non-hydrogen) atoms. The zero-order valence-electron chi connectivity index (χ0n) is 17.7. The van der Waals surface area contributed by atoms with Crippen molar-refractivity contribution in [1.29, 1.82) is 0 Å². The fraction of sp³-hybridized carbons (Fsp3) is 0.174. The van der Waals surface area contributed by atoms with Crippen molar-refractivity contribution in [3.8, 4) is 34.1 Å². The molecule has 3 aromatic carbocycles. The number of methoxy groups -OCH3 is 1. The van der Waals surface area contributed by atoms with Gasteiger partial charge in [-0.25, -0.2) is 0 Å². The van der Waals surface area contributed by atoms with Gasteiger partial charge >= 0.3 is 6.61 Å². The average molecular weight is 472 g/mol. The first-order valence-electron chi connectivity index (χ1n) is 9.98. The van der Waals surface area contributed by atoms with Crippen LogP contribution < -0.4 is 24.3 Å². The zero-order chi connectivity index (χ0) is 24.2. The standard InChI is InChI=1S/C23H18F2N2O7/c1-31-15-5-2-13(3-6-15)16-10-14(4-7-19(16)34-23(24)25)26-22(28)17-11-20-21(33-9-8-32-20)12-18(17)27(29)30/h2-7,10-12,23H,8-9H2,1H3,(H,26,28). The van der Waals surface area contributed by atoms with Crippen molar-refractivity contribution in [3.63, 3.8) is 0 Å². The summed E-state index contributed by atoms with van der Waals surface area (Å²) in [5.74, 6) is 0.0530. The maximum Gasteiger partial charge on any atom is 0.387 e. The Bertz CT molecular complexity index is 1230. The molecule has 1 aliphatic heterocycles. The highest BCUT2D eigenvalue weighted by atomic mass is 19.3. The summed E-state index contributed by atoms with van der Waals surface area (Å²) < 4.78 is 46.4. The summed E-state index contributed by atoms with van der Waals surface area (Å²) in [6, 6.07) is 13.0. The number of alkyl halides is 2. The lowest BCUT2D eigenvalue weighted by molar-refractivity contribution is -0.385. The molecule has 176 valence electrons. The molecule has 1 amide bonds. The average Bonchev–Trinajstić information content (AvgIpc) is 2.83. The normalized spacial score (nSPS) is 12.2. The van der Waals surface area contributed by atoms with Gasteiger partial charge in [0.05, 0.1) is 18.1 Å². The first-order valence-corrected chi connectivity index (χ1v) is 9.98. The number of amides is 1. The summed E-state index contributed by atoms with van der Waals surface area (Å²) in [5.41, 5.74) is 0.305. The van der Waals surface area contributed by atoms with Gasteiger partial charge in [0, 0.05) is 17.3 Å². The van der Waals surface area contributed by atoms with Crippen LogP contribution in [0.25, 0.3) is 11.1 Å². The van der Waals surface area contributed by atoms with Crippen molar-refractivity contribution in [1.82, 2.24) is 0 Å². The summed E-state index contributed by atoms with van der Waals surface area (Å²) in [6.45, 7) is -2.59. The Morgan fingerprint density at radius 2 is 1.74 bits per heavy atom. The first kappa shape index (κ1) is 22.8. The van der Waals surface area contributed by atoms with Crippen molar-refractivity contribution < 1.29 is 37.4 Å². The SMILES string of the molecule is COc1ccc(-c2cc(NC(=O)c3cc4c(cc3[N+](=O)[O-])OCCO4)ccc2OC(F)F)cc1. The molecule has 0 saturated carbocycles. The van der Waals surface area contributed by atoms with Gasteiger partial charge in [0.25, 0.3) is 11.6 Å². The molecule has 11 heteroatoms. The largest absolute Gasteiger partial charge is 0.497 e. The molecule has 1 aliphatic rings. The van der Waals surface area contributed by atoms with Crippen molar-refractivity contribution in [3.05, 3.63) is 70.3 Å². The van der Waals surface area contributed by atoms with Crippen LogP contribution in [-0.4, -0.2) is 37.8 Å². The summed E-state index contributed by atoms with van der Waals surface area (Å²) in [6.07, 6.45) is 0. The first-order chi connectivity index (χ1) is 16.4. The molecule has 0 bridgehead atoms. The summed E-state index contributed by atoms with van der Waals surface area (Å²) in [7, 11) is 1.49. The fourth-order valence-electron chi connectivity index (χ4n) is 3.41. The quantitative estimate of drug-likeness (QED) is 0.385. The van der Waals surface area contributed by atoms with E-state index in [9.17, 15) is 23.7 Å². The van der Waals surface area contributed by atoms with E-state index >= 15 is 0 Å². The van der Waals surface area contributed by atoms with E-state index in [1.807, 2.05) is 0 Å². The number of hydrogen-bond donors (Lipinski definition) is 1. The molecule has 9 nitrogen and oxygen atoms in total. The Morgan fingerprint density at radius 3 is 2.35 bits per heavy atom. The highest BCUT2D eigenvalue weighted by Crippen LogP contribution is 2.38. The Balaban J connectivity index is 1.68. The molecular weight excluding hydrogens is 454 g/mol. The molecule has 3 aromatic rings. The van der Waals surface area contributed by atoms with Crippen molar-refractivity contribution in [2.45, 2.75) is 6.61 Å². The lowest BCUT2D eigenvalue weighted by Gasteiger charge is -2.19. The second-order valence-corrected chi connectivity index (χ2v) is 7.04. The molecule has 4 rings (SSSR count). The van der Waals surface area contributed by atoms with Crippen LogP contribution in [0, 0.1) is 10.1 Å². The number of nitro benzene ring substituents is 1. The second-order valence-electron chi connectivity index (χ2n) is 7.04. The number of rotatable bonds is 7. The monoisotopic (exact) mass is 472 g/mol. The number of fused-ring (bicyclic) bond motifs is 1. The minimum Gasteiger partial charge on any atom is -0.497 e. The van der Waals surface area contributed by atoms with Crippen LogP contribution in [0.3, 0.4) is 0 Å². The van der Waals surface area contributed by atoms with Crippen LogP contribution in [0.4, 0.5) is 20.2 Å². The van der Waals surface area contributed by atoms with Crippen LogP contribution in [0.15, 0.2) is 54.6 Å². The van der Waals surface area contributed by atoms with E-state index in [1.54, 1.807) is 24.3 Å². The maximum atomic E-state index is 12.9. The van der Waals surface area contributed by atoms with Gasteiger partial charge < -0.3 is 24.3 Å². The minimum atomic E-state index is -3.06. The van der Waals surface area contributed by atoms with E-state index in [4.69, 9.17) is 14.2 Å². The lowest BCUT2D eigenvalue weighted by Crippen LogP contribution is -2.18. The van der Waals surface area contributed by atoms with E-state index in [2.05, 4.69) is 10.1 Å². The summed E-state index contributed by atoms with van der Waals surface area (Å²) in [4.78, 5) is 23.8. The maximum absolute atomic E-state index is 12.9. The summed E-state index contributed by atoms with van der Waals surface area (Å²) in [5, 5.41) is 14.1. The second kappa shape index (κ2) is 9.61. The Hall–Kier alpha value is -4.41. The predicted octanol–water partition coefficient (Wildman–Crippen LogP) is 4.90. The third kappa shape index (κ3) is 4.82. The van der Waals surface area contributed by atoms with Crippen LogP contribution in [0.5, 0.6) is 23.0 Å². The molecule has 0 aliphatic carbocycles. The van der Waals surface area contributed by atoms with E-state index < -0.39 is 23.1 Å². The van der Waals surface area contributed by atoms with Gasteiger partial charge in [-0.3, -0.25) is 14.9 Å². The smallest absolute Gasteiger partial charge is 0.387 e. The molecule has 0 aromatic heterocycles. The van der Waals surface area contributed by atoms with Gasteiger partial charge in [0.15, 0.2) is 11.5 Å². The molecule has 0 fully saturated rings. The van der Waals surface area contributed by atoms with Crippen molar-refractivity contribution in [2.24, 2.45) is 0 Å². The molecule has 1 heterocycles. The van der Waals surface area contributed by atoms with Gasteiger partial charge in [0.2, 0.25) is 0 Å². The van der Waals surface area contributed by atoms with Gasteiger partial charge in [-0.2, -0.15) is 8.78 Å². The van der Waals surface area contributed by atoms with Gasteiger partial charge in [-0.05, 0) is 35.9 Å². The van der Waals surface area contributed by atoms with Crippen LogP contribution >= 0.6 is 0 Å².